The summed E-state index contributed by atoms with van der Waals surface area (Å²) in [6.07, 6.45) is 0. The molecule has 2 heterocycles. The second kappa shape index (κ2) is 7.06. The standard InChI is InChI=1S/C21H16N4OS/c1-2-25-18-10-6-4-7-14(18)11-19(25)21-24-17(13-27-21)20(26)23-16-9-5-3-8-15(16)12-22/h3-11,13H,2H2,1H3,(H,23,26). The molecule has 27 heavy (non-hydrogen) atoms. The number of anilines is 1. The maximum atomic E-state index is 12.6. The number of carbonyl (C=O) groups excluding carboxylic acids is 1. The normalized spacial score (nSPS) is 10.7. The highest BCUT2D eigenvalue weighted by molar-refractivity contribution is 7.13. The molecule has 0 fully saturated rings. The molecule has 1 N–H and O–H groups in total. The van der Waals surface area contributed by atoms with Crippen molar-refractivity contribution in [2.24, 2.45) is 0 Å². The van der Waals surface area contributed by atoms with Crippen molar-refractivity contribution in [2.45, 2.75) is 13.5 Å². The van der Waals surface area contributed by atoms with E-state index in [1.165, 1.54) is 11.3 Å². The number of aromatic nitrogens is 2. The molecule has 0 saturated carbocycles. The van der Waals surface area contributed by atoms with Gasteiger partial charge in [0.15, 0.2) is 0 Å². The monoisotopic (exact) mass is 372 g/mol. The topological polar surface area (TPSA) is 70.7 Å². The van der Waals surface area contributed by atoms with Gasteiger partial charge in [0, 0.05) is 22.8 Å². The summed E-state index contributed by atoms with van der Waals surface area (Å²) in [5, 5.41) is 15.6. The molecule has 132 valence electrons. The molecule has 0 unspecified atom stereocenters. The predicted octanol–water partition coefficient (Wildman–Crippen LogP) is 4.91. The van der Waals surface area contributed by atoms with Crippen LogP contribution < -0.4 is 5.32 Å². The number of aryl methyl sites for hydroxylation is 1. The fraction of sp³-hybridized carbons (Fsp3) is 0.0952. The lowest BCUT2D eigenvalue weighted by Crippen LogP contribution is -2.13. The summed E-state index contributed by atoms with van der Waals surface area (Å²) in [5.74, 6) is -0.320. The molecule has 0 saturated heterocycles. The van der Waals surface area contributed by atoms with Gasteiger partial charge in [0.05, 0.1) is 16.9 Å². The van der Waals surface area contributed by atoms with Crippen LogP contribution in [-0.4, -0.2) is 15.5 Å². The van der Waals surface area contributed by atoms with E-state index in [1.54, 1.807) is 29.6 Å². The van der Waals surface area contributed by atoms with E-state index >= 15 is 0 Å². The minimum Gasteiger partial charge on any atom is -0.339 e. The summed E-state index contributed by atoms with van der Waals surface area (Å²) < 4.78 is 2.20. The van der Waals surface area contributed by atoms with Crippen LogP contribution in [0.4, 0.5) is 5.69 Å². The van der Waals surface area contributed by atoms with Crippen LogP contribution in [0.1, 0.15) is 23.0 Å². The van der Waals surface area contributed by atoms with Gasteiger partial charge in [-0.15, -0.1) is 11.3 Å². The zero-order chi connectivity index (χ0) is 18.8. The van der Waals surface area contributed by atoms with Crippen molar-refractivity contribution in [1.29, 1.82) is 5.26 Å². The van der Waals surface area contributed by atoms with Gasteiger partial charge in [-0.05, 0) is 31.2 Å². The molecule has 5 nitrogen and oxygen atoms in total. The predicted molar refractivity (Wildman–Crippen MR) is 108 cm³/mol. The largest absolute Gasteiger partial charge is 0.339 e. The lowest BCUT2D eigenvalue weighted by molar-refractivity contribution is 0.102. The molecule has 0 spiro atoms. The number of carbonyl (C=O) groups is 1. The van der Waals surface area contributed by atoms with Gasteiger partial charge in [0.1, 0.15) is 16.8 Å². The van der Waals surface area contributed by atoms with Gasteiger partial charge >= 0.3 is 0 Å². The Morgan fingerprint density at radius 2 is 2.00 bits per heavy atom. The zero-order valence-electron chi connectivity index (χ0n) is 14.6. The number of para-hydroxylation sites is 2. The summed E-state index contributed by atoms with van der Waals surface area (Å²) in [5.41, 5.74) is 3.41. The molecule has 0 radical (unpaired) electrons. The molecule has 4 rings (SSSR count). The van der Waals surface area contributed by atoms with Crippen molar-refractivity contribution < 1.29 is 4.79 Å². The van der Waals surface area contributed by atoms with Crippen molar-refractivity contribution in [3.05, 3.63) is 71.2 Å². The van der Waals surface area contributed by atoms with E-state index in [0.717, 1.165) is 28.1 Å². The first-order chi connectivity index (χ1) is 13.2. The number of rotatable bonds is 4. The Kier molecular flexibility index (Phi) is 4.45. The summed E-state index contributed by atoms with van der Waals surface area (Å²) in [6, 6.07) is 19.3. The zero-order valence-corrected chi connectivity index (χ0v) is 15.5. The molecule has 0 aliphatic carbocycles. The van der Waals surface area contributed by atoms with Gasteiger partial charge in [-0.1, -0.05) is 30.3 Å². The van der Waals surface area contributed by atoms with Crippen LogP contribution in [0, 0.1) is 11.3 Å². The fourth-order valence-electron chi connectivity index (χ4n) is 3.10. The highest BCUT2D eigenvalue weighted by Gasteiger charge is 2.16. The SMILES string of the molecule is CCn1c(-c2nc(C(=O)Nc3ccccc3C#N)cs2)cc2ccccc21. The Balaban J connectivity index is 1.66. The van der Waals surface area contributed by atoms with Crippen LogP contribution in [0.15, 0.2) is 60.0 Å². The summed E-state index contributed by atoms with van der Waals surface area (Å²) in [4.78, 5) is 17.1. The smallest absolute Gasteiger partial charge is 0.275 e. The Hall–Kier alpha value is -3.43. The number of nitrogens with one attached hydrogen (secondary N) is 1. The quantitative estimate of drug-likeness (QED) is 0.553. The van der Waals surface area contributed by atoms with Crippen molar-refractivity contribution in [2.75, 3.05) is 5.32 Å². The number of thiazole rings is 1. The molecule has 0 bridgehead atoms. The molecule has 2 aromatic carbocycles. The fourth-order valence-corrected chi connectivity index (χ4v) is 3.92. The summed E-state index contributed by atoms with van der Waals surface area (Å²) in [6.45, 7) is 2.91. The lowest BCUT2D eigenvalue weighted by atomic mass is 10.2. The molecule has 0 aliphatic rings. The van der Waals surface area contributed by atoms with Gasteiger partial charge in [0.25, 0.3) is 5.91 Å². The number of nitriles is 1. The third-order valence-electron chi connectivity index (χ3n) is 4.38. The highest BCUT2D eigenvalue weighted by atomic mass is 32.1. The van der Waals surface area contributed by atoms with Crippen LogP contribution in [0.25, 0.3) is 21.6 Å². The first kappa shape index (κ1) is 17.0. The lowest BCUT2D eigenvalue weighted by Gasteiger charge is -2.06. The van der Waals surface area contributed by atoms with Crippen LogP contribution in [-0.2, 0) is 6.54 Å². The summed E-state index contributed by atoms with van der Waals surface area (Å²) in [7, 11) is 0. The molecular formula is C21H16N4OS. The molecular weight excluding hydrogens is 356 g/mol. The number of nitrogens with zero attached hydrogens (tertiary/aromatic N) is 3. The van der Waals surface area contributed by atoms with E-state index in [1.807, 2.05) is 12.1 Å². The van der Waals surface area contributed by atoms with Crippen LogP contribution in [0.5, 0.6) is 0 Å². The molecule has 0 atom stereocenters. The van der Waals surface area contributed by atoms with E-state index < -0.39 is 0 Å². The van der Waals surface area contributed by atoms with Gasteiger partial charge in [-0.3, -0.25) is 4.79 Å². The van der Waals surface area contributed by atoms with E-state index in [0.29, 0.717) is 16.9 Å². The third kappa shape index (κ3) is 3.09. The van der Waals surface area contributed by atoms with Crippen molar-refractivity contribution in [3.8, 4) is 16.8 Å². The average molecular weight is 372 g/mol. The third-order valence-corrected chi connectivity index (χ3v) is 5.24. The van der Waals surface area contributed by atoms with E-state index in [9.17, 15) is 4.79 Å². The Morgan fingerprint density at radius 1 is 1.22 bits per heavy atom. The van der Waals surface area contributed by atoms with E-state index in [-0.39, 0.29) is 5.91 Å². The number of hydrogen-bond acceptors (Lipinski definition) is 4. The van der Waals surface area contributed by atoms with Crippen molar-refractivity contribution in [1.82, 2.24) is 9.55 Å². The number of benzene rings is 2. The highest BCUT2D eigenvalue weighted by Crippen LogP contribution is 2.30. The van der Waals surface area contributed by atoms with E-state index in [2.05, 4.69) is 46.1 Å². The van der Waals surface area contributed by atoms with Crippen molar-refractivity contribution >= 4 is 33.8 Å². The van der Waals surface area contributed by atoms with Gasteiger partial charge in [0.2, 0.25) is 0 Å². The van der Waals surface area contributed by atoms with Crippen molar-refractivity contribution in [3.63, 3.8) is 0 Å². The average Bonchev–Trinajstić information content (AvgIpc) is 3.32. The maximum absolute atomic E-state index is 12.6. The van der Waals surface area contributed by atoms with E-state index in [4.69, 9.17) is 5.26 Å². The molecule has 1 amide bonds. The number of amides is 1. The molecule has 4 aromatic rings. The minimum atomic E-state index is -0.320. The number of fused-ring (bicyclic) bond motifs is 1. The van der Waals surface area contributed by atoms with Gasteiger partial charge < -0.3 is 9.88 Å². The first-order valence-electron chi connectivity index (χ1n) is 8.56. The Bertz CT molecular complexity index is 1180. The first-order valence-corrected chi connectivity index (χ1v) is 9.44. The maximum Gasteiger partial charge on any atom is 0.275 e. The second-order valence-electron chi connectivity index (χ2n) is 5.98. The molecule has 2 aromatic heterocycles. The van der Waals surface area contributed by atoms with Crippen LogP contribution in [0.2, 0.25) is 0 Å². The Labute approximate surface area is 160 Å². The Morgan fingerprint density at radius 3 is 2.81 bits per heavy atom. The summed E-state index contributed by atoms with van der Waals surface area (Å²) >= 11 is 1.44. The second-order valence-corrected chi connectivity index (χ2v) is 6.84. The molecule has 6 heteroatoms. The molecule has 0 aliphatic heterocycles. The van der Waals surface area contributed by atoms with Gasteiger partial charge in [-0.2, -0.15) is 5.26 Å². The van der Waals surface area contributed by atoms with Crippen LogP contribution >= 0.6 is 11.3 Å². The van der Waals surface area contributed by atoms with Crippen LogP contribution in [0.3, 0.4) is 0 Å². The van der Waals surface area contributed by atoms with Gasteiger partial charge in [-0.25, -0.2) is 4.98 Å². The minimum absolute atomic E-state index is 0.320. The number of hydrogen-bond donors (Lipinski definition) is 1.